The summed E-state index contributed by atoms with van der Waals surface area (Å²) in [6, 6.07) is 2.82. The minimum atomic E-state index is -3.73. The van der Waals surface area contributed by atoms with E-state index >= 15 is 0 Å². The molecule has 1 aromatic rings. The topological polar surface area (TPSA) is 63.4 Å². The van der Waals surface area contributed by atoms with Crippen LogP contribution in [0.2, 0.25) is 10.0 Å². The van der Waals surface area contributed by atoms with E-state index in [2.05, 4.69) is 13.8 Å². The van der Waals surface area contributed by atoms with E-state index in [0.29, 0.717) is 24.7 Å². The van der Waals surface area contributed by atoms with Gasteiger partial charge in [0, 0.05) is 18.8 Å². The minimum Gasteiger partial charge on any atom is -0.399 e. The summed E-state index contributed by atoms with van der Waals surface area (Å²) in [5, 5.41) is 0.117. The molecule has 0 aromatic heterocycles. The van der Waals surface area contributed by atoms with Crippen molar-refractivity contribution in [3.63, 3.8) is 0 Å². The SMILES string of the molecule is CCC(CC)CN(CC)S(=O)(=O)c1c(Cl)cc(N)cc1Cl. The third-order valence-electron chi connectivity index (χ3n) is 3.59. The highest BCUT2D eigenvalue weighted by molar-refractivity contribution is 7.89. The number of nitrogens with two attached hydrogens (primary N) is 1. The normalized spacial score (nSPS) is 12.3. The maximum atomic E-state index is 12.8. The largest absolute Gasteiger partial charge is 0.399 e. The third-order valence-corrected chi connectivity index (χ3v) is 6.45. The van der Waals surface area contributed by atoms with Gasteiger partial charge >= 0.3 is 0 Å². The van der Waals surface area contributed by atoms with Crippen LogP contribution >= 0.6 is 23.2 Å². The second-order valence-electron chi connectivity index (χ2n) is 4.95. The van der Waals surface area contributed by atoms with Gasteiger partial charge in [-0.3, -0.25) is 0 Å². The van der Waals surface area contributed by atoms with Crippen LogP contribution < -0.4 is 5.73 Å². The smallest absolute Gasteiger partial charge is 0.246 e. The first-order valence-corrected chi connectivity index (χ1v) is 9.22. The Kier molecular flexibility index (Phi) is 6.78. The van der Waals surface area contributed by atoms with Crippen molar-refractivity contribution in [3.8, 4) is 0 Å². The van der Waals surface area contributed by atoms with Gasteiger partial charge in [0.05, 0.1) is 10.0 Å². The summed E-state index contributed by atoms with van der Waals surface area (Å²) in [4.78, 5) is -0.0622. The van der Waals surface area contributed by atoms with Crippen LogP contribution in [0.3, 0.4) is 0 Å². The average Bonchev–Trinajstić information content (AvgIpc) is 2.38. The van der Waals surface area contributed by atoms with Crippen LogP contribution in [-0.2, 0) is 10.0 Å². The minimum absolute atomic E-state index is 0.0583. The van der Waals surface area contributed by atoms with E-state index in [1.165, 1.54) is 16.4 Å². The van der Waals surface area contributed by atoms with Gasteiger partial charge in [-0.05, 0) is 18.1 Å². The van der Waals surface area contributed by atoms with Crippen molar-refractivity contribution >= 4 is 38.9 Å². The zero-order valence-corrected chi connectivity index (χ0v) is 14.9. The van der Waals surface area contributed by atoms with Crippen molar-refractivity contribution in [1.29, 1.82) is 0 Å². The lowest BCUT2D eigenvalue weighted by Crippen LogP contribution is -2.35. The monoisotopic (exact) mass is 352 g/mol. The van der Waals surface area contributed by atoms with E-state index in [-0.39, 0.29) is 14.9 Å². The molecule has 1 aromatic carbocycles. The Morgan fingerprint density at radius 1 is 1.14 bits per heavy atom. The maximum absolute atomic E-state index is 12.8. The highest BCUT2D eigenvalue weighted by atomic mass is 35.5. The van der Waals surface area contributed by atoms with E-state index < -0.39 is 10.0 Å². The highest BCUT2D eigenvalue weighted by Gasteiger charge is 2.29. The van der Waals surface area contributed by atoms with Crippen molar-refractivity contribution in [3.05, 3.63) is 22.2 Å². The summed E-state index contributed by atoms with van der Waals surface area (Å²) in [5.74, 6) is 0.311. The first kappa shape index (κ1) is 18.6. The summed E-state index contributed by atoms with van der Waals surface area (Å²) in [6.07, 6.45) is 1.84. The Balaban J connectivity index is 3.25. The molecule has 0 saturated carbocycles. The number of sulfonamides is 1. The van der Waals surface area contributed by atoms with Gasteiger partial charge in [0.25, 0.3) is 0 Å². The van der Waals surface area contributed by atoms with Gasteiger partial charge in [0.2, 0.25) is 10.0 Å². The number of benzene rings is 1. The molecular formula is C14H22Cl2N2O2S. The molecule has 0 fully saturated rings. The van der Waals surface area contributed by atoms with Gasteiger partial charge in [-0.2, -0.15) is 4.31 Å². The van der Waals surface area contributed by atoms with E-state index in [1.54, 1.807) is 6.92 Å². The standard InChI is InChI=1S/C14H22Cl2N2O2S/c1-4-10(5-2)9-18(6-3)21(19,20)14-12(15)7-11(17)8-13(14)16/h7-8,10H,4-6,9,17H2,1-3H3. The molecule has 0 bridgehead atoms. The van der Waals surface area contributed by atoms with Gasteiger partial charge in [0.15, 0.2) is 0 Å². The lowest BCUT2D eigenvalue weighted by atomic mass is 10.0. The van der Waals surface area contributed by atoms with Gasteiger partial charge < -0.3 is 5.73 Å². The Morgan fingerprint density at radius 2 is 1.62 bits per heavy atom. The van der Waals surface area contributed by atoms with Crippen LogP contribution in [0.25, 0.3) is 0 Å². The fourth-order valence-electron chi connectivity index (χ4n) is 2.19. The Labute approximate surface area is 137 Å². The molecular weight excluding hydrogens is 331 g/mol. The molecule has 7 heteroatoms. The lowest BCUT2D eigenvalue weighted by Gasteiger charge is -2.25. The van der Waals surface area contributed by atoms with Crippen LogP contribution in [0.15, 0.2) is 17.0 Å². The van der Waals surface area contributed by atoms with E-state index in [1.807, 2.05) is 0 Å². The molecule has 4 nitrogen and oxygen atoms in total. The molecule has 0 amide bonds. The van der Waals surface area contributed by atoms with Crippen LogP contribution in [0.1, 0.15) is 33.6 Å². The van der Waals surface area contributed by atoms with Gasteiger partial charge in [0.1, 0.15) is 4.90 Å². The van der Waals surface area contributed by atoms with Crippen molar-refractivity contribution < 1.29 is 8.42 Å². The van der Waals surface area contributed by atoms with E-state index in [9.17, 15) is 8.42 Å². The number of hydrogen-bond donors (Lipinski definition) is 1. The fraction of sp³-hybridized carbons (Fsp3) is 0.571. The first-order chi connectivity index (χ1) is 9.77. The zero-order valence-electron chi connectivity index (χ0n) is 12.6. The molecule has 0 atom stereocenters. The fourth-order valence-corrected chi connectivity index (χ4v) is 4.89. The number of nitrogen functional groups attached to an aromatic ring is 1. The Morgan fingerprint density at radius 3 is 2.00 bits per heavy atom. The molecule has 21 heavy (non-hydrogen) atoms. The van der Waals surface area contributed by atoms with Gasteiger partial charge in [-0.25, -0.2) is 8.42 Å². The van der Waals surface area contributed by atoms with Crippen molar-refractivity contribution in [1.82, 2.24) is 4.31 Å². The van der Waals surface area contributed by atoms with E-state index in [0.717, 1.165) is 12.8 Å². The van der Waals surface area contributed by atoms with Crippen molar-refractivity contribution in [2.24, 2.45) is 5.92 Å². The molecule has 0 heterocycles. The number of nitrogens with zero attached hydrogens (tertiary/aromatic N) is 1. The molecule has 1 rings (SSSR count). The molecule has 0 saturated heterocycles. The Bertz CT molecular complexity index is 564. The number of anilines is 1. The first-order valence-electron chi connectivity index (χ1n) is 7.02. The van der Waals surface area contributed by atoms with Crippen LogP contribution in [-0.4, -0.2) is 25.8 Å². The van der Waals surface area contributed by atoms with Gasteiger partial charge in [-0.1, -0.05) is 56.8 Å². The van der Waals surface area contributed by atoms with Crippen LogP contribution in [0, 0.1) is 5.92 Å². The molecule has 0 aliphatic heterocycles. The highest BCUT2D eigenvalue weighted by Crippen LogP contribution is 2.34. The number of rotatable bonds is 7. The quantitative estimate of drug-likeness (QED) is 0.753. The average molecular weight is 353 g/mol. The molecule has 2 N–H and O–H groups in total. The summed E-state index contributed by atoms with van der Waals surface area (Å²) in [6.45, 7) is 6.74. The zero-order chi connectivity index (χ0) is 16.2. The number of halogens is 2. The van der Waals surface area contributed by atoms with Crippen molar-refractivity contribution in [2.45, 2.75) is 38.5 Å². The van der Waals surface area contributed by atoms with E-state index in [4.69, 9.17) is 28.9 Å². The Hall–Kier alpha value is -0.490. The summed E-state index contributed by atoms with van der Waals surface area (Å²) in [7, 11) is -3.73. The van der Waals surface area contributed by atoms with Crippen molar-refractivity contribution in [2.75, 3.05) is 18.8 Å². The summed E-state index contributed by atoms with van der Waals surface area (Å²) >= 11 is 12.1. The lowest BCUT2D eigenvalue weighted by molar-refractivity contribution is 0.339. The molecule has 0 radical (unpaired) electrons. The molecule has 120 valence electrons. The predicted octanol–water partition coefficient (Wildman–Crippen LogP) is 4.02. The summed E-state index contributed by atoms with van der Waals surface area (Å²) < 4.78 is 27.0. The third kappa shape index (κ3) is 4.25. The summed E-state index contributed by atoms with van der Waals surface area (Å²) in [5.41, 5.74) is 5.97. The maximum Gasteiger partial charge on any atom is 0.246 e. The molecule has 0 aliphatic carbocycles. The van der Waals surface area contributed by atoms with Crippen LogP contribution in [0.5, 0.6) is 0 Å². The second kappa shape index (κ2) is 7.68. The molecule has 0 unspecified atom stereocenters. The molecule has 0 spiro atoms. The van der Waals surface area contributed by atoms with Gasteiger partial charge in [-0.15, -0.1) is 0 Å². The second-order valence-corrected chi connectivity index (χ2v) is 7.64. The van der Waals surface area contributed by atoms with Crippen LogP contribution in [0.4, 0.5) is 5.69 Å². The molecule has 0 aliphatic rings. The number of hydrogen-bond acceptors (Lipinski definition) is 3. The predicted molar refractivity (Wildman–Crippen MR) is 89.4 cm³/mol.